The second-order valence-corrected chi connectivity index (χ2v) is 7.70. The number of ketones is 1. The first-order valence-corrected chi connectivity index (χ1v) is 10.6. The summed E-state index contributed by atoms with van der Waals surface area (Å²) in [5.41, 5.74) is 1.14. The summed E-state index contributed by atoms with van der Waals surface area (Å²) < 4.78 is 10.7. The first-order valence-electron chi connectivity index (χ1n) is 10.2. The maximum Gasteiger partial charge on any atom is 0.295 e. The number of methoxy groups -OCH3 is 1. The molecule has 0 radical (unpaired) electrons. The monoisotopic (exact) mass is 443 g/mol. The van der Waals surface area contributed by atoms with E-state index in [1.807, 2.05) is 19.1 Å². The number of carbonyl (C=O) groups is 2. The van der Waals surface area contributed by atoms with E-state index >= 15 is 0 Å². The van der Waals surface area contributed by atoms with Gasteiger partial charge in [-0.25, -0.2) is 0 Å². The van der Waals surface area contributed by atoms with Crippen LogP contribution < -0.4 is 4.74 Å². The van der Waals surface area contributed by atoms with Gasteiger partial charge in [0.1, 0.15) is 11.5 Å². The van der Waals surface area contributed by atoms with Crippen LogP contribution in [0.15, 0.2) is 54.1 Å². The maximum atomic E-state index is 12.9. The van der Waals surface area contributed by atoms with Gasteiger partial charge in [0.15, 0.2) is 0 Å². The van der Waals surface area contributed by atoms with Crippen LogP contribution in [0.1, 0.15) is 36.9 Å². The lowest BCUT2D eigenvalue weighted by Gasteiger charge is -2.25. The van der Waals surface area contributed by atoms with Crippen molar-refractivity contribution in [3.05, 3.63) is 70.3 Å². The first-order chi connectivity index (χ1) is 15.0. The minimum absolute atomic E-state index is 0.0481. The fraction of sp³-hybridized carbons (Fsp3) is 0.333. The number of amides is 1. The van der Waals surface area contributed by atoms with Gasteiger partial charge in [-0.05, 0) is 42.7 Å². The smallest absolute Gasteiger partial charge is 0.295 e. The van der Waals surface area contributed by atoms with Gasteiger partial charge in [-0.15, -0.1) is 0 Å². The van der Waals surface area contributed by atoms with E-state index in [9.17, 15) is 14.7 Å². The average molecular weight is 444 g/mol. The number of carbonyl (C=O) groups excluding carboxylic acids is 2. The van der Waals surface area contributed by atoms with Crippen molar-refractivity contribution in [1.29, 1.82) is 0 Å². The molecule has 0 saturated carbocycles. The van der Waals surface area contributed by atoms with Crippen LogP contribution in [0.4, 0.5) is 0 Å². The molecule has 2 aromatic carbocycles. The third-order valence-electron chi connectivity index (χ3n) is 5.05. The summed E-state index contributed by atoms with van der Waals surface area (Å²) in [6.45, 7) is 3.40. The van der Waals surface area contributed by atoms with Gasteiger partial charge in [0.05, 0.1) is 18.2 Å². The highest BCUT2D eigenvalue weighted by Gasteiger charge is 2.45. The standard InChI is InChI=1S/C24H26ClNO5/c1-3-13-31-19-10-8-16(9-11-19)21-20(22(27)17-6-4-7-18(25)15-17)23(28)24(29)26(21)12-5-14-30-2/h4,6-11,15,21,27H,3,5,12-14H2,1-2H3/b22-20-. The lowest BCUT2D eigenvalue weighted by molar-refractivity contribution is -0.140. The summed E-state index contributed by atoms with van der Waals surface area (Å²) in [6.07, 6.45) is 1.45. The number of aliphatic hydroxyl groups excluding tert-OH is 1. The fourth-order valence-electron chi connectivity index (χ4n) is 3.59. The van der Waals surface area contributed by atoms with Crippen LogP contribution in [0.2, 0.25) is 5.02 Å². The molecule has 31 heavy (non-hydrogen) atoms. The zero-order chi connectivity index (χ0) is 22.4. The molecule has 1 unspecified atom stereocenters. The van der Waals surface area contributed by atoms with Crippen molar-refractivity contribution in [3.8, 4) is 5.75 Å². The van der Waals surface area contributed by atoms with Gasteiger partial charge in [0, 0.05) is 30.8 Å². The van der Waals surface area contributed by atoms with Crippen LogP contribution in [0.5, 0.6) is 5.75 Å². The van der Waals surface area contributed by atoms with Gasteiger partial charge >= 0.3 is 0 Å². The number of benzene rings is 2. The highest BCUT2D eigenvalue weighted by atomic mass is 35.5. The molecule has 164 valence electrons. The van der Waals surface area contributed by atoms with Crippen LogP contribution in [0, 0.1) is 0 Å². The third-order valence-corrected chi connectivity index (χ3v) is 5.29. The van der Waals surface area contributed by atoms with Crippen LogP contribution in [-0.2, 0) is 14.3 Å². The number of hydrogen-bond donors (Lipinski definition) is 1. The molecule has 0 aromatic heterocycles. The van der Waals surface area contributed by atoms with Gasteiger partial charge in [0.2, 0.25) is 0 Å². The Morgan fingerprint density at radius 2 is 1.87 bits per heavy atom. The number of halogens is 1. The summed E-state index contributed by atoms with van der Waals surface area (Å²) in [5, 5.41) is 11.4. The van der Waals surface area contributed by atoms with Crippen LogP contribution in [0.3, 0.4) is 0 Å². The molecule has 1 aliphatic heterocycles. The summed E-state index contributed by atoms with van der Waals surface area (Å²) in [4.78, 5) is 27.3. The van der Waals surface area contributed by atoms with E-state index in [2.05, 4.69) is 0 Å². The predicted octanol–water partition coefficient (Wildman–Crippen LogP) is 4.59. The predicted molar refractivity (Wildman–Crippen MR) is 119 cm³/mol. The number of likely N-dealkylation sites (tertiary alicyclic amines) is 1. The Labute approximate surface area is 187 Å². The Morgan fingerprint density at radius 1 is 1.13 bits per heavy atom. The quantitative estimate of drug-likeness (QED) is 0.265. The Balaban J connectivity index is 2.05. The average Bonchev–Trinajstić information content (AvgIpc) is 3.02. The van der Waals surface area contributed by atoms with E-state index in [1.165, 1.54) is 4.90 Å². The molecular weight excluding hydrogens is 418 g/mol. The summed E-state index contributed by atoms with van der Waals surface area (Å²) >= 11 is 6.06. The lowest BCUT2D eigenvalue weighted by atomic mass is 9.95. The van der Waals surface area contributed by atoms with Crippen LogP contribution in [-0.4, -0.2) is 48.6 Å². The number of ether oxygens (including phenoxy) is 2. The normalized spacial score (nSPS) is 17.9. The van der Waals surface area contributed by atoms with Crippen molar-refractivity contribution in [3.63, 3.8) is 0 Å². The molecule has 1 aliphatic rings. The molecule has 1 heterocycles. The van der Waals surface area contributed by atoms with E-state index in [0.717, 1.165) is 6.42 Å². The van der Waals surface area contributed by atoms with Gasteiger partial charge in [-0.2, -0.15) is 0 Å². The van der Waals surface area contributed by atoms with Crippen molar-refractivity contribution in [2.75, 3.05) is 26.9 Å². The molecule has 2 aromatic rings. The molecule has 0 aliphatic carbocycles. The molecular formula is C24H26ClNO5. The molecule has 0 spiro atoms. The van der Waals surface area contributed by atoms with Crippen molar-refractivity contribution in [1.82, 2.24) is 4.90 Å². The van der Waals surface area contributed by atoms with Crippen molar-refractivity contribution in [2.45, 2.75) is 25.8 Å². The van der Waals surface area contributed by atoms with E-state index in [0.29, 0.717) is 48.1 Å². The van der Waals surface area contributed by atoms with Gasteiger partial charge < -0.3 is 19.5 Å². The minimum atomic E-state index is -0.716. The minimum Gasteiger partial charge on any atom is -0.507 e. The highest BCUT2D eigenvalue weighted by molar-refractivity contribution is 6.46. The Kier molecular flexibility index (Phi) is 7.71. The first kappa shape index (κ1) is 22.8. The molecule has 3 rings (SSSR count). The molecule has 0 bridgehead atoms. The largest absolute Gasteiger partial charge is 0.507 e. The summed E-state index contributed by atoms with van der Waals surface area (Å²) in [5.74, 6) is -0.898. The Bertz CT molecular complexity index is 970. The molecule has 1 saturated heterocycles. The number of Topliss-reactive ketones (excluding diaryl/α,β-unsaturated/α-hetero) is 1. The van der Waals surface area contributed by atoms with Gasteiger partial charge in [-0.1, -0.05) is 42.8 Å². The molecule has 6 nitrogen and oxygen atoms in total. The Morgan fingerprint density at radius 3 is 2.52 bits per heavy atom. The number of aliphatic hydroxyl groups is 1. The van der Waals surface area contributed by atoms with E-state index in [1.54, 1.807) is 43.5 Å². The summed E-state index contributed by atoms with van der Waals surface area (Å²) in [7, 11) is 1.58. The van der Waals surface area contributed by atoms with Crippen LogP contribution in [0.25, 0.3) is 5.76 Å². The SMILES string of the molecule is CCCOc1ccc(C2/C(=C(/O)c3cccc(Cl)c3)C(=O)C(=O)N2CCCOC)cc1. The lowest BCUT2D eigenvalue weighted by Crippen LogP contribution is -2.31. The van der Waals surface area contributed by atoms with E-state index in [4.69, 9.17) is 21.1 Å². The molecule has 1 fully saturated rings. The zero-order valence-corrected chi connectivity index (χ0v) is 18.4. The van der Waals surface area contributed by atoms with Gasteiger partial charge in [-0.3, -0.25) is 9.59 Å². The molecule has 7 heteroatoms. The van der Waals surface area contributed by atoms with E-state index < -0.39 is 17.7 Å². The van der Waals surface area contributed by atoms with E-state index in [-0.39, 0.29) is 11.3 Å². The van der Waals surface area contributed by atoms with Crippen molar-refractivity contribution in [2.24, 2.45) is 0 Å². The van der Waals surface area contributed by atoms with Crippen molar-refractivity contribution >= 4 is 29.1 Å². The number of hydrogen-bond acceptors (Lipinski definition) is 5. The highest BCUT2D eigenvalue weighted by Crippen LogP contribution is 2.40. The molecule has 1 N–H and O–H groups in total. The zero-order valence-electron chi connectivity index (χ0n) is 17.6. The topological polar surface area (TPSA) is 76.1 Å². The number of rotatable bonds is 9. The van der Waals surface area contributed by atoms with Crippen molar-refractivity contribution < 1.29 is 24.2 Å². The second kappa shape index (κ2) is 10.5. The summed E-state index contributed by atoms with van der Waals surface area (Å²) in [6, 6.07) is 13.1. The maximum absolute atomic E-state index is 12.9. The van der Waals surface area contributed by atoms with Gasteiger partial charge in [0.25, 0.3) is 11.7 Å². The second-order valence-electron chi connectivity index (χ2n) is 7.27. The third kappa shape index (κ3) is 5.09. The molecule has 1 atom stereocenters. The Hall–Kier alpha value is -2.83. The molecule has 1 amide bonds. The number of nitrogens with zero attached hydrogens (tertiary/aromatic N) is 1. The van der Waals surface area contributed by atoms with Crippen LogP contribution >= 0.6 is 11.6 Å². The fourth-order valence-corrected chi connectivity index (χ4v) is 3.78.